The molecule has 0 bridgehead atoms. The van der Waals surface area contributed by atoms with Gasteiger partial charge in [0, 0.05) is 17.6 Å². The lowest BCUT2D eigenvalue weighted by Gasteiger charge is -2.18. The molecule has 0 heterocycles. The molecule has 1 atom stereocenters. The fourth-order valence-electron chi connectivity index (χ4n) is 3.06. The summed E-state index contributed by atoms with van der Waals surface area (Å²) in [4.78, 5) is 13.1. The number of ketones is 1. The average molecular weight is 312 g/mol. The predicted molar refractivity (Wildman–Crippen MR) is 91.3 cm³/mol. The van der Waals surface area contributed by atoms with Gasteiger partial charge in [-0.2, -0.15) is 0 Å². The van der Waals surface area contributed by atoms with Crippen molar-refractivity contribution < 1.29 is 9.36 Å². The summed E-state index contributed by atoms with van der Waals surface area (Å²) in [6.07, 6.45) is 1.09. The molecule has 2 rings (SSSR count). The number of hydrogen-bond acceptors (Lipinski definition) is 2. The second-order valence-electron chi connectivity index (χ2n) is 5.74. The molecule has 1 unspecified atom stereocenters. The third-order valence-electron chi connectivity index (χ3n) is 3.95. The van der Waals surface area contributed by atoms with Crippen LogP contribution < -0.4 is 0 Å². The van der Waals surface area contributed by atoms with Crippen molar-refractivity contribution in [1.82, 2.24) is 0 Å². The monoisotopic (exact) mass is 312 g/mol. The maximum Gasteiger partial charge on any atom is 0.170 e. The number of carbonyl (C=O) groups is 1. The summed E-state index contributed by atoms with van der Waals surface area (Å²) in [7, 11) is 0.0910. The van der Waals surface area contributed by atoms with Crippen LogP contribution in [0.2, 0.25) is 0 Å². The normalized spacial score (nSPS) is 12.3. The van der Waals surface area contributed by atoms with E-state index in [9.17, 15) is 9.36 Å². The third-order valence-corrected chi connectivity index (χ3v) is 4.39. The van der Waals surface area contributed by atoms with Crippen LogP contribution in [0.5, 0.6) is 0 Å². The molecule has 0 aliphatic rings. The zero-order chi connectivity index (χ0) is 16.1. The molecule has 0 amide bonds. The Morgan fingerprint density at radius 1 is 1.05 bits per heavy atom. The molecule has 2 aromatic rings. The van der Waals surface area contributed by atoms with E-state index in [1.54, 1.807) is 0 Å². The molecule has 0 saturated heterocycles. The summed E-state index contributed by atoms with van der Waals surface area (Å²) in [6, 6.07) is 13.9. The van der Waals surface area contributed by atoms with Crippen LogP contribution in [0.15, 0.2) is 42.5 Å². The number of rotatable bonds is 6. The Bertz CT molecular complexity index is 654. The zero-order valence-corrected chi connectivity index (χ0v) is 14.2. The van der Waals surface area contributed by atoms with Crippen LogP contribution in [0, 0.1) is 20.8 Å². The Hall–Kier alpha value is -1.79. The molecule has 2 aromatic carbocycles. The lowest BCUT2D eigenvalue weighted by atomic mass is 9.85. The molecule has 0 N–H and O–H groups in total. The van der Waals surface area contributed by atoms with Crippen LogP contribution in [-0.4, -0.2) is 11.9 Å². The minimum absolute atomic E-state index is 0.0910. The van der Waals surface area contributed by atoms with Crippen LogP contribution in [0.3, 0.4) is 0 Å². The molecule has 0 radical (unpaired) electrons. The molecule has 114 valence electrons. The molecule has 0 aliphatic carbocycles. The summed E-state index contributed by atoms with van der Waals surface area (Å²) in [5.41, 5.74) is 5.00. The highest BCUT2D eigenvalue weighted by molar-refractivity contribution is 7.23. The number of benzene rings is 2. The Kier molecular flexibility index (Phi) is 5.63. The van der Waals surface area contributed by atoms with Gasteiger partial charge < -0.3 is 0 Å². The molecule has 0 fully saturated rings. The molecule has 2 nitrogen and oxygen atoms in total. The lowest BCUT2D eigenvalue weighted by Crippen LogP contribution is -2.16. The van der Waals surface area contributed by atoms with E-state index < -0.39 is 0 Å². The van der Waals surface area contributed by atoms with E-state index in [2.05, 4.69) is 0 Å². The van der Waals surface area contributed by atoms with Crippen LogP contribution in [0.4, 0.5) is 0 Å². The highest BCUT2D eigenvalue weighted by Crippen LogP contribution is 2.29. The fraction of sp³-hybridized carbons (Fsp3) is 0.316. The van der Waals surface area contributed by atoms with Crippen molar-refractivity contribution in [3.63, 3.8) is 0 Å². The van der Waals surface area contributed by atoms with E-state index in [4.69, 9.17) is 0 Å². The van der Waals surface area contributed by atoms with Crippen molar-refractivity contribution in [2.75, 3.05) is 6.16 Å². The maximum absolute atomic E-state index is 13.1. The summed E-state index contributed by atoms with van der Waals surface area (Å²) in [5, 5.41) is 0. The van der Waals surface area contributed by atoms with Gasteiger partial charge in [0.15, 0.2) is 14.2 Å². The first-order valence-electron chi connectivity index (χ1n) is 7.50. The van der Waals surface area contributed by atoms with Crippen molar-refractivity contribution in [1.29, 1.82) is 0 Å². The van der Waals surface area contributed by atoms with Crippen molar-refractivity contribution in [2.24, 2.45) is 0 Å². The average Bonchev–Trinajstić information content (AvgIpc) is 2.47. The Morgan fingerprint density at radius 3 is 2.18 bits per heavy atom. The summed E-state index contributed by atoms with van der Waals surface area (Å²) >= 11 is 0. The van der Waals surface area contributed by atoms with E-state index >= 15 is 0 Å². The molecule has 3 heteroatoms. The lowest BCUT2D eigenvalue weighted by molar-refractivity contribution is 0.0956. The van der Waals surface area contributed by atoms with Gasteiger partial charge >= 0.3 is 0 Å². The summed E-state index contributed by atoms with van der Waals surface area (Å²) in [6.45, 7) is 6.02. The standard InChI is InChI=1S/C19H21O2P/c1-13-11-14(2)18(15(3)12-13)19(20)17(9-10-22-21)16-7-5-4-6-8-16/h4-8,11-12,17H,9-10H2,1-3H3. The third kappa shape index (κ3) is 3.69. The van der Waals surface area contributed by atoms with E-state index in [1.807, 2.05) is 63.2 Å². The van der Waals surface area contributed by atoms with Crippen molar-refractivity contribution in [2.45, 2.75) is 33.1 Å². The van der Waals surface area contributed by atoms with Gasteiger partial charge in [0.1, 0.15) is 0 Å². The molecule has 0 spiro atoms. The zero-order valence-electron chi connectivity index (χ0n) is 13.3. The number of Topliss-reactive ketones (excluding diaryl/α,β-unsaturated/α-hetero) is 1. The van der Waals surface area contributed by atoms with Gasteiger partial charge in [-0.15, -0.1) is 0 Å². The Morgan fingerprint density at radius 2 is 1.64 bits per heavy atom. The van der Waals surface area contributed by atoms with Gasteiger partial charge in [0.25, 0.3) is 0 Å². The number of carbonyl (C=O) groups excluding carboxylic acids is 1. The van der Waals surface area contributed by atoms with Gasteiger partial charge in [-0.3, -0.25) is 9.36 Å². The first-order valence-corrected chi connectivity index (χ1v) is 8.50. The van der Waals surface area contributed by atoms with Crippen molar-refractivity contribution in [3.8, 4) is 0 Å². The molecular weight excluding hydrogens is 291 g/mol. The number of hydrogen-bond donors (Lipinski definition) is 0. The molecular formula is C19H21O2P. The quantitative estimate of drug-likeness (QED) is 0.538. The first-order chi connectivity index (χ1) is 10.5. The SMILES string of the molecule is Cc1cc(C)c(C(=O)C(CCP=O)c2ccccc2)c(C)c1. The Balaban J connectivity index is 2.44. The van der Waals surface area contributed by atoms with Gasteiger partial charge in [0.2, 0.25) is 0 Å². The Labute approximate surface area is 133 Å². The predicted octanol–water partition coefficient (Wildman–Crippen LogP) is 5.26. The van der Waals surface area contributed by atoms with Gasteiger partial charge in [-0.05, 0) is 43.9 Å². The minimum Gasteiger partial charge on any atom is -0.293 e. The van der Waals surface area contributed by atoms with Crippen LogP contribution in [-0.2, 0) is 4.57 Å². The maximum atomic E-state index is 13.1. The number of aryl methyl sites for hydroxylation is 3. The second-order valence-corrected chi connectivity index (χ2v) is 6.45. The van der Waals surface area contributed by atoms with Crippen molar-refractivity contribution in [3.05, 3.63) is 70.3 Å². The van der Waals surface area contributed by atoms with Gasteiger partial charge in [-0.25, -0.2) is 0 Å². The van der Waals surface area contributed by atoms with E-state index in [-0.39, 0.29) is 20.2 Å². The molecule has 0 saturated carbocycles. The molecule has 0 aliphatic heterocycles. The van der Waals surface area contributed by atoms with Crippen LogP contribution in [0.25, 0.3) is 0 Å². The van der Waals surface area contributed by atoms with Crippen LogP contribution >= 0.6 is 8.46 Å². The minimum atomic E-state index is -0.234. The smallest absolute Gasteiger partial charge is 0.170 e. The van der Waals surface area contributed by atoms with Gasteiger partial charge in [0.05, 0.1) is 0 Å². The van der Waals surface area contributed by atoms with Crippen molar-refractivity contribution >= 4 is 14.2 Å². The van der Waals surface area contributed by atoms with E-state index in [0.717, 1.165) is 22.3 Å². The second kappa shape index (κ2) is 7.47. The highest BCUT2D eigenvalue weighted by Gasteiger charge is 2.24. The van der Waals surface area contributed by atoms with Crippen LogP contribution in [0.1, 0.15) is 45.0 Å². The highest BCUT2D eigenvalue weighted by atomic mass is 31.1. The summed E-state index contributed by atoms with van der Waals surface area (Å²) < 4.78 is 10.9. The van der Waals surface area contributed by atoms with Gasteiger partial charge in [-0.1, -0.05) is 48.0 Å². The molecule has 0 aromatic heterocycles. The largest absolute Gasteiger partial charge is 0.293 e. The first kappa shape index (κ1) is 16.6. The molecule has 22 heavy (non-hydrogen) atoms. The van der Waals surface area contributed by atoms with E-state index in [1.165, 1.54) is 5.56 Å². The summed E-state index contributed by atoms with van der Waals surface area (Å²) in [5.74, 6) is -0.104. The fourth-order valence-corrected chi connectivity index (χ4v) is 3.42. The van der Waals surface area contributed by atoms with E-state index in [0.29, 0.717) is 12.6 Å². The topological polar surface area (TPSA) is 34.1 Å².